The van der Waals surface area contributed by atoms with Crippen LogP contribution in [0, 0.1) is 17.1 Å². The number of hydrogen-bond donors (Lipinski definition) is 1. The number of nitrogens with zero attached hydrogens (tertiary/aromatic N) is 2. The summed E-state index contributed by atoms with van der Waals surface area (Å²) in [7, 11) is 0. The molecular weight excluding hydrogens is 185 g/mol. The maximum Gasteiger partial charge on any atom is 0.168 e. The summed E-state index contributed by atoms with van der Waals surface area (Å²) >= 11 is 0. The third-order valence-electron chi connectivity index (χ3n) is 1.89. The Morgan fingerprint density at radius 3 is 3.00 bits per heavy atom. The lowest BCUT2D eigenvalue weighted by molar-refractivity contribution is 0.112. The number of benzene rings is 1. The lowest BCUT2D eigenvalue weighted by Crippen LogP contribution is -1.83. The summed E-state index contributed by atoms with van der Waals surface area (Å²) in [6, 6.07) is 4.06. The van der Waals surface area contributed by atoms with Gasteiger partial charge in [-0.1, -0.05) is 0 Å². The Balaban J connectivity index is 2.91. The highest BCUT2D eigenvalue weighted by atomic mass is 19.1. The first-order valence-corrected chi connectivity index (χ1v) is 3.79. The van der Waals surface area contributed by atoms with Gasteiger partial charge in [-0.3, -0.25) is 9.89 Å². The number of halogens is 1. The Morgan fingerprint density at radius 2 is 2.36 bits per heavy atom. The molecule has 2 aromatic rings. The van der Waals surface area contributed by atoms with E-state index in [4.69, 9.17) is 5.26 Å². The molecule has 68 valence electrons. The number of rotatable bonds is 1. The first-order chi connectivity index (χ1) is 6.76. The zero-order chi connectivity index (χ0) is 10.1. The summed E-state index contributed by atoms with van der Waals surface area (Å²) in [5, 5.41) is 15.2. The molecule has 0 atom stereocenters. The molecule has 0 aliphatic heterocycles. The molecule has 5 heteroatoms. The minimum Gasteiger partial charge on any atom is -0.296 e. The van der Waals surface area contributed by atoms with Crippen LogP contribution >= 0.6 is 0 Å². The first kappa shape index (κ1) is 8.38. The predicted octanol–water partition coefficient (Wildman–Crippen LogP) is 1.39. The molecule has 0 bridgehead atoms. The fraction of sp³-hybridized carbons (Fsp3) is 0. The number of nitrogens with one attached hydrogen (secondary N) is 1. The average molecular weight is 189 g/mol. The summed E-state index contributed by atoms with van der Waals surface area (Å²) in [6.07, 6.45) is 0.538. The van der Waals surface area contributed by atoms with Gasteiger partial charge in [0.1, 0.15) is 23.1 Å². The molecular formula is C9H4FN3O. The molecule has 0 unspecified atom stereocenters. The van der Waals surface area contributed by atoms with Gasteiger partial charge >= 0.3 is 0 Å². The van der Waals surface area contributed by atoms with Gasteiger partial charge in [-0.2, -0.15) is 10.4 Å². The standard InChI is InChI=1S/C9H4FN3O/c10-6-1-5(3-11)9-7(2-6)8(4-14)12-13-9/h1-2,4H,(H,12,13). The summed E-state index contributed by atoms with van der Waals surface area (Å²) in [5.41, 5.74) is 0.608. The average Bonchev–Trinajstić information content (AvgIpc) is 2.59. The molecule has 1 N–H and O–H groups in total. The molecule has 0 spiro atoms. The van der Waals surface area contributed by atoms with E-state index in [1.165, 1.54) is 6.07 Å². The van der Waals surface area contributed by atoms with Gasteiger partial charge in [0.2, 0.25) is 0 Å². The van der Waals surface area contributed by atoms with E-state index in [1.807, 2.05) is 6.07 Å². The van der Waals surface area contributed by atoms with Gasteiger partial charge in [-0.15, -0.1) is 0 Å². The largest absolute Gasteiger partial charge is 0.296 e. The van der Waals surface area contributed by atoms with Crippen LogP contribution < -0.4 is 0 Å². The highest BCUT2D eigenvalue weighted by Gasteiger charge is 2.10. The van der Waals surface area contributed by atoms with Crippen LogP contribution in [0.4, 0.5) is 4.39 Å². The van der Waals surface area contributed by atoms with Crippen molar-refractivity contribution in [3.05, 3.63) is 29.2 Å². The fourth-order valence-corrected chi connectivity index (χ4v) is 1.28. The van der Waals surface area contributed by atoms with Gasteiger partial charge in [-0.05, 0) is 12.1 Å². The van der Waals surface area contributed by atoms with Crippen molar-refractivity contribution >= 4 is 17.2 Å². The van der Waals surface area contributed by atoms with E-state index in [0.29, 0.717) is 17.2 Å². The molecule has 1 aromatic carbocycles. The maximum absolute atomic E-state index is 13.0. The lowest BCUT2D eigenvalue weighted by Gasteiger charge is -1.92. The predicted molar refractivity (Wildman–Crippen MR) is 46.2 cm³/mol. The van der Waals surface area contributed by atoms with E-state index in [-0.39, 0.29) is 11.3 Å². The molecule has 0 aliphatic carbocycles. The lowest BCUT2D eigenvalue weighted by atomic mass is 10.1. The van der Waals surface area contributed by atoms with Gasteiger partial charge in [0, 0.05) is 5.39 Å². The zero-order valence-electron chi connectivity index (χ0n) is 6.91. The Hall–Kier alpha value is -2.22. The number of aldehydes is 1. The van der Waals surface area contributed by atoms with Crippen molar-refractivity contribution in [2.75, 3.05) is 0 Å². The summed E-state index contributed by atoms with van der Waals surface area (Å²) in [4.78, 5) is 10.5. The number of aromatic nitrogens is 2. The molecule has 1 heterocycles. The third kappa shape index (κ3) is 1.05. The van der Waals surface area contributed by atoms with E-state index in [2.05, 4.69) is 10.2 Å². The van der Waals surface area contributed by atoms with Crippen LogP contribution in [0.5, 0.6) is 0 Å². The van der Waals surface area contributed by atoms with Crippen LogP contribution in [0.15, 0.2) is 12.1 Å². The zero-order valence-corrected chi connectivity index (χ0v) is 6.91. The summed E-state index contributed by atoms with van der Waals surface area (Å²) < 4.78 is 13.0. The normalized spacial score (nSPS) is 10.0. The van der Waals surface area contributed by atoms with E-state index in [0.717, 1.165) is 6.07 Å². The van der Waals surface area contributed by atoms with Gasteiger partial charge in [-0.25, -0.2) is 4.39 Å². The first-order valence-electron chi connectivity index (χ1n) is 3.79. The number of aromatic amines is 1. The number of fused-ring (bicyclic) bond motifs is 1. The van der Waals surface area contributed by atoms with Crippen LogP contribution in [0.25, 0.3) is 10.9 Å². The second-order valence-corrected chi connectivity index (χ2v) is 2.72. The minimum absolute atomic E-state index is 0.115. The minimum atomic E-state index is -0.557. The van der Waals surface area contributed by atoms with Crippen LogP contribution in [-0.2, 0) is 0 Å². The Morgan fingerprint density at radius 1 is 1.57 bits per heavy atom. The molecule has 0 fully saturated rings. The van der Waals surface area contributed by atoms with Crippen molar-refractivity contribution in [1.29, 1.82) is 5.26 Å². The highest BCUT2D eigenvalue weighted by Crippen LogP contribution is 2.19. The smallest absolute Gasteiger partial charge is 0.168 e. The Bertz CT molecular complexity index is 553. The third-order valence-corrected chi connectivity index (χ3v) is 1.89. The molecule has 0 amide bonds. The second-order valence-electron chi connectivity index (χ2n) is 2.72. The molecule has 0 saturated heterocycles. The molecule has 14 heavy (non-hydrogen) atoms. The van der Waals surface area contributed by atoms with E-state index >= 15 is 0 Å². The van der Waals surface area contributed by atoms with Crippen molar-refractivity contribution in [3.8, 4) is 6.07 Å². The van der Waals surface area contributed by atoms with Gasteiger partial charge in [0.15, 0.2) is 6.29 Å². The molecule has 0 saturated carbocycles. The van der Waals surface area contributed by atoms with Crippen molar-refractivity contribution in [1.82, 2.24) is 10.2 Å². The highest BCUT2D eigenvalue weighted by molar-refractivity contribution is 5.97. The van der Waals surface area contributed by atoms with Crippen molar-refractivity contribution < 1.29 is 9.18 Å². The van der Waals surface area contributed by atoms with Crippen LogP contribution in [0.2, 0.25) is 0 Å². The van der Waals surface area contributed by atoms with Gasteiger partial charge in [0.25, 0.3) is 0 Å². The number of hydrogen-bond acceptors (Lipinski definition) is 3. The quantitative estimate of drug-likeness (QED) is 0.689. The summed E-state index contributed by atoms with van der Waals surface area (Å²) in [6.45, 7) is 0. The Labute approximate surface area is 78.0 Å². The number of carbonyl (C=O) groups excluding carboxylic acids is 1. The van der Waals surface area contributed by atoms with Gasteiger partial charge in [0.05, 0.1) is 5.56 Å². The van der Waals surface area contributed by atoms with E-state index in [9.17, 15) is 9.18 Å². The van der Waals surface area contributed by atoms with Gasteiger partial charge < -0.3 is 0 Å². The van der Waals surface area contributed by atoms with Crippen LogP contribution in [0.1, 0.15) is 16.1 Å². The van der Waals surface area contributed by atoms with Crippen molar-refractivity contribution in [3.63, 3.8) is 0 Å². The van der Waals surface area contributed by atoms with E-state index < -0.39 is 5.82 Å². The molecule has 0 radical (unpaired) electrons. The molecule has 2 rings (SSSR count). The monoisotopic (exact) mass is 189 g/mol. The topological polar surface area (TPSA) is 69.5 Å². The van der Waals surface area contributed by atoms with Crippen LogP contribution in [-0.4, -0.2) is 16.5 Å². The number of nitriles is 1. The Kier molecular flexibility index (Phi) is 1.75. The molecule has 1 aromatic heterocycles. The van der Waals surface area contributed by atoms with E-state index in [1.54, 1.807) is 0 Å². The SMILES string of the molecule is N#Cc1cc(F)cc2c(C=O)[nH]nc12. The molecule has 0 aliphatic rings. The maximum atomic E-state index is 13.0. The number of H-pyrrole nitrogens is 1. The summed E-state index contributed by atoms with van der Waals surface area (Å²) in [5.74, 6) is -0.557. The fourth-order valence-electron chi connectivity index (χ4n) is 1.28. The van der Waals surface area contributed by atoms with Crippen LogP contribution in [0.3, 0.4) is 0 Å². The van der Waals surface area contributed by atoms with Crippen molar-refractivity contribution in [2.45, 2.75) is 0 Å². The number of carbonyl (C=O) groups is 1. The molecule has 4 nitrogen and oxygen atoms in total. The van der Waals surface area contributed by atoms with Crippen molar-refractivity contribution in [2.24, 2.45) is 0 Å². The second kappa shape index (κ2) is 2.92.